The number of hydrogen-bond donors (Lipinski definition) is 1. The quantitative estimate of drug-likeness (QED) is 0.510. The van der Waals surface area contributed by atoms with Crippen molar-refractivity contribution < 1.29 is 2.74 Å². The van der Waals surface area contributed by atoms with Gasteiger partial charge in [0.1, 0.15) is 0 Å². The lowest BCUT2D eigenvalue weighted by Gasteiger charge is -2.31. The molecule has 0 saturated heterocycles. The third-order valence-corrected chi connectivity index (χ3v) is 6.20. The number of pyridine rings is 1. The van der Waals surface area contributed by atoms with Crippen molar-refractivity contribution in [2.45, 2.75) is 54.1 Å². The number of aryl methyl sites for hydroxylation is 4. The predicted octanol–water partition coefficient (Wildman–Crippen LogP) is 5.24. The number of anilines is 1. The second-order valence-corrected chi connectivity index (χ2v) is 8.19. The number of nitrogens with zero attached hydrogens (tertiary/aromatic N) is 4. The Hall–Kier alpha value is -3.08. The summed E-state index contributed by atoms with van der Waals surface area (Å²) in [5, 5.41) is 5.80. The van der Waals surface area contributed by atoms with E-state index in [4.69, 9.17) is 7.73 Å². The van der Waals surface area contributed by atoms with Gasteiger partial charge in [-0.05, 0) is 63.4 Å². The van der Waals surface area contributed by atoms with Crippen molar-refractivity contribution in [3.8, 4) is 11.3 Å². The van der Waals surface area contributed by atoms with Crippen molar-refractivity contribution in [3.63, 3.8) is 0 Å². The molecule has 5 rings (SSSR count). The molecule has 0 unspecified atom stereocenters. The minimum atomic E-state index is -1.66. The number of rotatable bonds is 3. The minimum absolute atomic E-state index is 0.570. The van der Waals surface area contributed by atoms with Crippen molar-refractivity contribution in [2.75, 3.05) is 11.4 Å². The molecule has 5 nitrogen and oxygen atoms in total. The first-order valence-electron chi connectivity index (χ1n) is 11.6. The molecule has 3 aromatic heterocycles. The molecule has 1 aliphatic rings. The number of aromatic nitrogens is 4. The van der Waals surface area contributed by atoms with Gasteiger partial charge in [-0.15, -0.1) is 0 Å². The standard InChI is InChI=1S/C25H29N5/c1-6-30-18(5)25(17(4)28-30)29-11-10-21-20(14-29)15(2)12-23(27-21)19-8-7-9-22-24(19)16(3)13-26-22/h7-9,12-13,26H,6,10-11,14H2,1-5H3/i14D2. The maximum absolute atomic E-state index is 9.13. The van der Waals surface area contributed by atoms with Crippen molar-refractivity contribution in [1.29, 1.82) is 0 Å². The van der Waals surface area contributed by atoms with E-state index in [0.29, 0.717) is 18.5 Å². The monoisotopic (exact) mass is 401 g/mol. The highest BCUT2D eigenvalue weighted by Crippen LogP contribution is 2.34. The van der Waals surface area contributed by atoms with Gasteiger partial charge < -0.3 is 9.88 Å². The Labute approximate surface area is 180 Å². The van der Waals surface area contributed by atoms with Crippen LogP contribution < -0.4 is 4.90 Å². The van der Waals surface area contributed by atoms with Gasteiger partial charge in [-0.1, -0.05) is 12.1 Å². The topological polar surface area (TPSA) is 49.7 Å². The summed E-state index contributed by atoms with van der Waals surface area (Å²) in [5.74, 6) is 0. The smallest absolute Gasteiger partial charge is 0.0830 e. The van der Waals surface area contributed by atoms with E-state index in [1.165, 1.54) is 10.9 Å². The number of aromatic amines is 1. The molecule has 0 amide bonds. The highest BCUT2D eigenvalue weighted by molar-refractivity contribution is 5.96. The molecule has 0 radical (unpaired) electrons. The Morgan fingerprint density at radius 3 is 2.77 bits per heavy atom. The van der Waals surface area contributed by atoms with Gasteiger partial charge >= 0.3 is 0 Å². The third-order valence-electron chi connectivity index (χ3n) is 6.20. The average Bonchev–Trinajstić information content (AvgIpc) is 3.26. The molecule has 154 valence electrons. The molecule has 0 aliphatic carbocycles. The molecule has 0 saturated carbocycles. The minimum Gasteiger partial charge on any atom is -0.364 e. The summed E-state index contributed by atoms with van der Waals surface area (Å²) in [6, 6.07) is 8.26. The third kappa shape index (κ3) is 2.83. The fourth-order valence-corrected chi connectivity index (χ4v) is 4.74. The lowest BCUT2D eigenvalue weighted by Crippen LogP contribution is -2.32. The molecule has 0 fully saturated rings. The Bertz CT molecular complexity index is 1350. The van der Waals surface area contributed by atoms with Crippen LogP contribution >= 0.6 is 0 Å². The lowest BCUT2D eigenvalue weighted by atomic mass is 9.96. The van der Waals surface area contributed by atoms with Crippen LogP contribution in [0.3, 0.4) is 0 Å². The summed E-state index contributed by atoms with van der Waals surface area (Å²) in [4.78, 5) is 10.2. The van der Waals surface area contributed by atoms with Crippen LogP contribution in [0.4, 0.5) is 5.69 Å². The molecule has 4 heterocycles. The van der Waals surface area contributed by atoms with Gasteiger partial charge in [0.2, 0.25) is 0 Å². The van der Waals surface area contributed by atoms with E-state index in [2.05, 4.69) is 36.1 Å². The van der Waals surface area contributed by atoms with Crippen LogP contribution in [0.25, 0.3) is 22.2 Å². The normalized spacial score (nSPS) is 16.5. The van der Waals surface area contributed by atoms with Crippen LogP contribution in [-0.4, -0.2) is 26.3 Å². The summed E-state index contributed by atoms with van der Waals surface area (Å²) < 4.78 is 20.2. The zero-order chi connectivity index (χ0) is 22.8. The maximum Gasteiger partial charge on any atom is 0.0830 e. The van der Waals surface area contributed by atoms with Gasteiger partial charge in [0.05, 0.1) is 25.5 Å². The van der Waals surface area contributed by atoms with Crippen LogP contribution in [0.15, 0.2) is 30.5 Å². The van der Waals surface area contributed by atoms with E-state index < -0.39 is 6.50 Å². The van der Waals surface area contributed by atoms with E-state index in [1.54, 1.807) is 0 Å². The Morgan fingerprint density at radius 2 is 2.00 bits per heavy atom. The van der Waals surface area contributed by atoms with Gasteiger partial charge in [-0.3, -0.25) is 9.67 Å². The average molecular weight is 402 g/mol. The Morgan fingerprint density at radius 1 is 1.17 bits per heavy atom. The summed E-state index contributed by atoms with van der Waals surface area (Å²) >= 11 is 0. The molecule has 4 aromatic rings. The van der Waals surface area contributed by atoms with Crippen LogP contribution in [-0.2, 0) is 19.5 Å². The fourth-order valence-electron chi connectivity index (χ4n) is 4.74. The molecule has 30 heavy (non-hydrogen) atoms. The number of hydrogen-bond acceptors (Lipinski definition) is 3. The first kappa shape index (κ1) is 16.7. The van der Waals surface area contributed by atoms with Gasteiger partial charge in [-0.25, -0.2) is 0 Å². The lowest BCUT2D eigenvalue weighted by molar-refractivity contribution is 0.633. The summed E-state index contributed by atoms with van der Waals surface area (Å²) in [6.07, 6.45) is 2.72. The second kappa shape index (κ2) is 7.01. The van der Waals surface area contributed by atoms with Gasteiger partial charge in [0, 0.05) is 54.4 Å². The fraction of sp³-hybridized carbons (Fsp3) is 0.360. The highest BCUT2D eigenvalue weighted by atomic mass is 15.3. The molecular weight excluding hydrogens is 370 g/mol. The van der Waals surface area contributed by atoms with Crippen LogP contribution in [0.1, 0.15) is 43.4 Å². The molecule has 0 bridgehead atoms. The summed E-state index contributed by atoms with van der Waals surface area (Å²) in [7, 11) is 0. The number of benzene rings is 1. The van der Waals surface area contributed by atoms with Crippen molar-refractivity contribution in [1.82, 2.24) is 19.7 Å². The molecule has 5 heteroatoms. The van der Waals surface area contributed by atoms with Crippen LogP contribution in [0, 0.1) is 27.7 Å². The summed E-state index contributed by atoms with van der Waals surface area (Å²) in [5.41, 5.74) is 9.53. The molecule has 1 aliphatic heterocycles. The number of H-pyrrole nitrogens is 1. The van der Waals surface area contributed by atoms with E-state index in [1.807, 2.05) is 48.7 Å². The summed E-state index contributed by atoms with van der Waals surface area (Å²) in [6.45, 7) is 9.85. The second-order valence-electron chi connectivity index (χ2n) is 8.19. The molecular formula is C25H29N5. The zero-order valence-corrected chi connectivity index (χ0v) is 18.3. The van der Waals surface area contributed by atoms with Crippen LogP contribution in [0.5, 0.6) is 0 Å². The first-order valence-corrected chi connectivity index (χ1v) is 10.6. The first-order chi connectivity index (χ1) is 15.2. The number of fused-ring (bicyclic) bond motifs is 2. The van der Waals surface area contributed by atoms with E-state index in [9.17, 15) is 0 Å². The van der Waals surface area contributed by atoms with Crippen molar-refractivity contribution in [2.24, 2.45) is 0 Å². The Balaban J connectivity index is 1.64. The maximum atomic E-state index is 9.13. The molecule has 1 N–H and O–H groups in total. The van der Waals surface area contributed by atoms with E-state index in [-0.39, 0.29) is 0 Å². The predicted molar refractivity (Wildman–Crippen MR) is 123 cm³/mol. The molecule has 0 atom stereocenters. The van der Waals surface area contributed by atoms with Crippen LogP contribution in [0.2, 0.25) is 0 Å². The Kier molecular flexibility index (Phi) is 3.90. The number of nitrogens with one attached hydrogen (secondary N) is 1. The van der Waals surface area contributed by atoms with Gasteiger partial charge in [0.15, 0.2) is 0 Å². The largest absolute Gasteiger partial charge is 0.364 e. The van der Waals surface area contributed by atoms with Crippen molar-refractivity contribution >= 4 is 16.6 Å². The molecule has 1 aromatic carbocycles. The SMILES string of the molecule is [2H]C1([2H])c2c(C)cc(-c3cccc4[nH]cc(C)c34)nc2CCN1c1c(C)nn(CC)c1C. The van der Waals surface area contributed by atoms with Gasteiger partial charge in [0.25, 0.3) is 0 Å². The van der Waals surface area contributed by atoms with Crippen molar-refractivity contribution in [3.05, 3.63) is 64.2 Å². The highest BCUT2D eigenvalue weighted by Gasteiger charge is 2.25. The van der Waals surface area contributed by atoms with E-state index >= 15 is 0 Å². The zero-order valence-electron chi connectivity index (χ0n) is 20.3. The molecule has 0 spiro atoms. The van der Waals surface area contributed by atoms with Gasteiger partial charge in [-0.2, -0.15) is 5.10 Å². The van der Waals surface area contributed by atoms with E-state index in [0.717, 1.165) is 51.7 Å².